The van der Waals surface area contributed by atoms with Crippen LogP contribution in [-0.2, 0) is 4.79 Å². The molecule has 1 amide bonds. The van der Waals surface area contributed by atoms with Gasteiger partial charge in [0.15, 0.2) is 0 Å². The number of benzene rings is 2. The van der Waals surface area contributed by atoms with E-state index in [0.717, 1.165) is 21.7 Å². The molecule has 0 aromatic heterocycles. The molecule has 84 valence electrons. The molecule has 0 radical (unpaired) electrons. The van der Waals surface area contributed by atoms with Gasteiger partial charge >= 0.3 is 0 Å². The molecule has 0 N–H and O–H groups in total. The van der Waals surface area contributed by atoms with Crippen LogP contribution >= 0.6 is 0 Å². The Bertz CT molecular complexity index is 844. The van der Waals surface area contributed by atoms with Crippen molar-refractivity contribution >= 4 is 18.1 Å². The lowest BCUT2D eigenvalue weighted by Crippen LogP contribution is -2.30. The second-order valence-electron chi connectivity index (χ2n) is 4.48. The number of carbonyl (C=O) groups is 1. The van der Waals surface area contributed by atoms with Crippen LogP contribution < -0.4 is 10.6 Å². The predicted octanol–water partition coefficient (Wildman–Crippen LogP) is 1.67. The quantitative estimate of drug-likeness (QED) is 0.578. The SMILES string of the molecule is O=C1C=Cc2ccc3c(c2=N1)=Cc1ccccc1-3. The van der Waals surface area contributed by atoms with Gasteiger partial charge in [-0.1, -0.05) is 36.4 Å². The molecule has 2 nitrogen and oxygen atoms in total. The smallest absolute Gasteiger partial charge is 0.267 e. The number of hydrogen-bond donors (Lipinski definition) is 0. The first kappa shape index (κ1) is 9.54. The number of amides is 1. The summed E-state index contributed by atoms with van der Waals surface area (Å²) < 4.78 is 0. The lowest BCUT2D eigenvalue weighted by atomic mass is 10.0. The van der Waals surface area contributed by atoms with E-state index in [2.05, 4.69) is 29.3 Å². The van der Waals surface area contributed by atoms with Crippen molar-refractivity contribution in [1.82, 2.24) is 0 Å². The maximum atomic E-state index is 11.4. The molecule has 2 aromatic carbocycles. The van der Waals surface area contributed by atoms with Crippen molar-refractivity contribution in [2.24, 2.45) is 4.99 Å². The molecular weight excluding hydrogens is 222 g/mol. The summed E-state index contributed by atoms with van der Waals surface area (Å²) in [6.45, 7) is 0. The van der Waals surface area contributed by atoms with Crippen molar-refractivity contribution in [3.8, 4) is 11.1 Å². The highest BCUT2D eigenvalue weighted by Crippen LogP contribution is 2.25. The summed E-state index contributed by atoms with van der Waals surface area (Å²) in [5.74, 6) is -0.180. The summed E-state index contributed by atoms with van der Waals surface area (Å²) in [5.41, 5.74) is 4.58. The molecule has 1 heterocycles. The van der Waals surface area contributed by atoms with Crippen LogP contribution in [0.2, 0.25) is 0 Å². The van der Waals surface area contributed by atoms with Crippen LogP contribution in [0.15, 0.2) is 47.5 Å². The molecule has 0 bridgehead atoms. The van der Waals surface area contributed by atoms with Crippen molar-refractivity contribution in [3.63, 3.8) is 0 Å². The normalized spacial score (nSPS) is 14.3. The van der Waals surface area contributed by atoms with Crippen molar-refractivity contribution < 1.29 is 4.79 Å². The Kier molecular flexibility index (Phi) is 1.73. The fourth-order valence-electron chi connectivity index (χ4n) is 2.60. The fraction of sp³-hybridized carbons (Fsp3) is 0. The zero-order valence-corrected chi connectivity index (χ0v) is 9.55. The first-order chi connectivity index (χ1) is 8.83. The Hall–Kier alpha value is -2.48. The zero-order valence-electron chi connectivity index (χ0n) is 9.55. The number of fused-ring (bicyclic) bond motifs is 5. The van der Waals surface area contributed by atoms with E-state index in [1.807, 2.05) is 24.3 Å². The second kappa shape index (κ2) is 3.26. The summed E-state index contributed by atoms with van der Waals surface area (Å²) in [6, 6.07) is 12.4. The Balaban J connectivity index is 2.17. The van der Waals surface area contributed by atoms with Crippen LogP contribution in [-0.4, -0.2) is 5.91 Å². The Morgan fingerprint density at radius 2 is 1.72 bits per heavy atom. The van der Waals surface area contributed by atoms with E-state index in [9.17, 15) is 4.79 Å². The highest BCUT2D eigenvalue weighted by Gasteiger charge is 2.15. The van der Waals surface area contributed by atoms with Crippen LogP contribution in [0.5, 0.6) is 0 Å². The molecule has 0 fully saturated rings. The van der Waals surface area contributed by atoms with Gasteiger partial charge in [-0.15, -0.1) is 0 Å². The largest absolute Gasteiger partial charge is 0.270 e. The van der Waals surface area contributed by atoms with Gasteiger partial charge in [-0.3, -0.25) is 4.79 Å². The highest BCUT2D eigenvalue weighted by atomic mass is 16.1. The van der Waals surface area contributed by atoms with Gasteiger partial charge in [0.25, 0.3) is 5.91 Å². The maximum Gasteiger partial charge on any atom is 0.270 e. The topological polar surface area (TPSA) is 29.4 Å². The van der Waals surface area contributed by atoms with Crippen molar-refractivity contribution in [2.75, 3.05) is 0 Å². The molecule has 18 heavy (non-hydrogen) atoms. The molecule has 0 unspecified atom stereocenters. The molecule has 2 aromatic rings. The van der Waals surface area contributed by atoms with Crippen LogP contribution in [0.1, 0.15) is 11.1 Å². The van der Waals surface area contributed by atoms with Crippen LogP contribution in [0.3, 0.4) is 0 Å². The molecule has 2 heteroatoms. The number of nitrogens with zero attached hydrogens (tertiary/aromatic N) is 1. The molecule has 1 aliphatic heterocycles. The van der Waals surface area contributed by atoms with E-state index in [0.29, 0.717) is 0 Å². The molecule has 4 rings (SSSR count). The molecule has 0 spiro atoms. The van der Waals surface area contributed by atoms with Gasteiger partial charge in [-0.05, 0) is 28.8 Å². The van der Waals surface area contributed by atoms with Gasteiger partial charge in [-0.2, -0.15) is 0 Å². The third kappa shape index (κ3) is 1.17. The van der Waals surface area contributed by atoms with E-state index in [1.54, 1.807) is 0 Å². The Morgan fingerprint density at radius 3 is 2.67 bits per heavy atom. The van der Waals surface area contributed by atoms with Crippen LogP contribution in [0.4, 0.5) is 0 Å². The van der Waals surface area contributed by atoms with Gasteiger partial charge in [0.2, 0.25) is 0 Å². The third-order valence-electron chi connectivity index (χ3n) is 3.43. The minimum Gasteiger partial charge on any atom is -0.267 e. The van der Waals surface area contributed by atoms with E-state index in [-0.39, 0.29) is 5.91 Å². The number of carbonyl (C=O) groups excluding carboxylic acids is 1. The zero-order chi connectivity index (χ0) is 12.1. The lowest BCUT2D eigenvalue weighted by molar-refractivity contribution is -0.113. The summed E-state index contributed by atoms with van der Waals surface area (Å²) in [6.07, 6.45) is 5.46. The first-order valence-electron chi connectivity index (χ1n) is 5.88. The van der Waals surface area contributed by atoms with E-state index >= 15 is 0 Å². The van der Waals surface area contributed by atoms with Crippen LogP contribution in [0.25, 0.3) is 23.3 Å². The average molecular weight is 231 g/mol. The summed E-state index contributed by atoms with van der Waals surface area (Å²) in [5, 5.41) is 1.86. The summed E-state index contributed by atoms with van der Waals surface area (Å²) >= 11 is 0. The predicted molar refractivity (Wildman–Crippen MR) is 70.3 cm³/mol. The minimum atomic E-state index is -0.180. The number of hydrogen-bond acceptors (Lipinski definition) is 1. The van der Waals surface area contributed by atoms with Gasteiger partial charge in [0.1, 0.15) is 0 Å². The monoisotopic (exact) mass is 231 g/mol. The van der Waals surface area contributed by atoms with E-state index in [4.69, 9.17) is 0 Å². The lowest BCUT2D eigenvalue weighted by Gasteiger charge is -2.04. The van der Waals surface area contributed by atoms with Gasteiger partial charge < -0.3 is 0 Å². The molecule has 0 saturated carbocycles. The highest BCUT2D eigenvalue weighted by molar-refractivity contribution is 5.95. The molecule has 0 saturated heterocycles. The molecule has 0 atom stereocenters. The second-order valence-corrected chi connectivity index (χ2v) is 4.48. The van der Waals surface area contributed by atoms with Crippen molar-refractivity contribution in [3.05, 3.63) is 64.2 Å². The first-order valence-corrected chi connectivity index (χ1v) is 5.88. The van der Waals surface area contributed by atoms with Crippen molar-refractivity contribution in [2.45, 2.75) is 0 Å². The minimum absolute atomic E-state index is 0.180. The molecule has 1 aliphatic carbocycles. The van der Waals surface area contributed by atoms with E-state index < -0.39 is 0 Å². The molecular formula is C16H9NO. The molecule has 2 aliphatic rings. The third-order valence-corrected chi connectivity index (χ3v) is 3.43. The Morgan fingerprint density at radius 1 is 0.833 bits per heavy atom. The fourth-order valence-corrected chi connectivity index (χ4v) is 2.60. The summed E-state index contributed by atoms with van der Waals surface area (Å²) in [4.78, 5) is 15.6. The Labute approximate surface area is 104 Å². The maximum absolute atomic E-state index is 11.4. The van der Waals surface area contributed by atoms with Crippen molar-refractivity contribution in [1.29, 1.82) is 0 Å². The van der Waals surface area contributed by atoms with Gasteiger partial charge in [0, 0.05) is 16.9 Å². The van der Waals surface area contributed by atoms with Crippen LogP contribution in [0, 0.1) is 0 Å². The van der Waals surface area contributed by atoms with Gasteiger partial charge in [-0.25, -0.2) is 4.99 Å². The number of rotatable bonds is 0. The van der Waals surface area contributed by atoms with E-state index in [1.165, 1.54) is 17.2 Å². The summed E-state index contributed by atoms with van der Waals surface area (Å²) in [7, 11) is 0. The van der Waals surface area contributed by atoms with Gasteiger partial charge in [0.05, 0.1) is 5.36 Å². The average Bonchev–Trinajstić information content (AvgIpc) is 2.78. The standard InChI is InChI=1S/C16H9NO/c18-15-8-6-10-5-7-13-12-4-2-1-3-11(12)9-14(13)16(10)17-15/h1-9H.